The summed E-state index contributed by atoms with van der Waals surface area (Å²) < 4.78 is 23.4. The summed E-state index contributed by atoms with van der Waals surface area (Å²) in [5, 5.41) is 8.57. The SMILES string of the molecule is CC1(C)C(=O)N(c2ccc(C#CCO)cc2)S1(=O)=O. The summed E-state index contributed by atoms with van der Waals surface area (Å²) in [4.78, 5) is 11.8. The molecule has 1 aromatic carbocycles. The summed E-state index contributed by atoms with van der Waals surface area (Å²) in [6.45, 7) is 2.54. The highest BCUT2D eigenvalue weighted by atomic mass is 32.2. The molecule has 0 bridgehead atoms. The van der Waals surface area contributed by atoms with Crippen LogP contribution in [0.3, 0.4) is 0 Å². The highest BCUT2D eigenvalue weighted by Gasteiger charge is 2.60. The van der Waals surface area contributed by atoms with Gasteiger partial charge in [-0.25, -0.2) is 12.7 Å². The molecule has 2 rings (SSSR count). The molecule has 1 fully saturated rings. The van der Waals surface area contributed by atoms with Crippen molar-refractivity contribution in [3.8, 4) is 11.8 Å². The van der Waals surface area contributed by atoms with Gasteiger partial charge in [0.1, 0.15) is 6.61 Å². The Labute approximate surface area is 111 Å². The van der Waals surface area contributed by atoms with Crippen molar-refractivity contribution in [1.29, 1.82) is 0 Å². The Kier molecular flexibility index (Phi) is 3.12. The lowest BCUT2D eigenvalue weighted by Crippen LogP contribution is -2.67. The van der Waals surface area contributed by atoms with Gasteiger partial charge in [0.25, 0.3) is 15.9 Å². The third-order valence-electron chi connectivity index (χ3n) is 3.00. The molecule has 0 spiro atoms. The van der Waals surface area contributed by atoms with Crippen molar-refractivity contribution in [1.82, 2.24) is 0 Å². The smallest absolute Gasteiger partial charge is 0.263 e. The number of carbonyl (C=O) groups excluding carboxylic acids is 1. The number of hydrogen-bond donors (Lipinski definition) is 1. The van der Waals surface area contributed by atoms with E-state index >= 15 is 0 Å². The Morgan fingerprint density at radius 2 is 1.84 bits per heavy atom. The number of benzene rings is 1. The highest BCUT2D eigenvalue weighted by molar-refractivity contribution is 7.98. The minimum absolute atomic E-state index is 0.241. The van der Waals surface area contributed by atoms with Gasteiger partial charge in [-0.05, 0) is 38.1 Å². The standard InChI is InChI=1S/C13H13NO4S/c1-13(2)12(16)14(19(13,17)18)11-7-5-10(6-8-11)4-3-9-15/h5-8,15H,9H2,1-2H3. The minimum atomic E-state index is -3.62. The van der Waals surface area contributed by atoms with Crippen molar-refractivity contribution in [2.75, 3.05) is 10.9 Å². The fourth-order valence-corrected chi connectivity index (χ4v) is 3.21. The van der Waals surface area contributed by atoms with Crippen LogP contribution < -0.4 is 4.31 Å². The van der Waals surface area contributed by atoms with Gasteiger partial charge in [-0.15, -0.1) is 0 Å². The number of hydrogen-bond acceptors (Lipinski definition) is 4. The van der Waals surface area contributed by atoms with Crippen LogP contribution in [0.2, 0.25) is 0 Å². The van der Waals surface area contributed by atoms with E-state index < -0.39 is 20.7 Å². The van der Waals surface area contributed by atoms with Crippen LogP contribution in [-0.2, 0) is 14.8 Å². The van der Waals surface area contributed by atoms with Gasteiger partial charge in [-0.3, -0.25) is 4.79 Å². The van der Waals surface area contributed by atoms with Crippen LogP contribution in [0.4, 0.5) is 5.69 Å². The molecule has 1 amide bonds. The van der Waals surface area contributed by atoms with Crippen molar-refractivity contribution in [3.63, 3.8) is 0 Å². The lowest BCUT2D eigenvalue weighted by molar-refractivity contribution is -0.120. The van der Waals surface area contributed by atoms with E-state index in [1.807, 2.05) is 0 Å². The van der Waals surface area contributed by atoms with Crippen molar-refractivity contribution in [2.24, 2.45) is 0 Å². The van der Waals surface area contributed by atoms with E-state index in [1.165, 1.54) is 26.0 Å². The highest BCUT2D eigenvalue weighted by Crippen LogP contribution is 2.38. The third kappa shape index (κ3) is 1.91. The number of rotatable bonds is 1. The molecule has 0 aromatic heterocycles. The molecular weight excluding hydrogens is 266 g/mol. The zero-order valence-corrected chi connectivity index (χ0v) is 11.4. The van der Waals surface area contributed by atoms with E-state index in [-0.39, 0.29) is 6.61 Å². The summed E-state index contributed by atoms with van der Waals surface area (Å²) in [7, 11) is -3.62. The average molecular weight is 279 g/mol. The lowest BCUT2D eigenvalue weighted by atomic mass is 10.1. The molecule has 0 radical (unpaired) electrons. The zero-order chi connectivity index (χ0) is 14.3. The summed E-state index contributed by atoms with van der Waals surface area (Å²) in [5.74, 6) is 4.73. The Morgan fingerprint density at radius 1 is 1.26 bits per heavy atom. The van der Waals surface area contributed by atoms with Gasteiger partial charge in [0.15, 0.2) is 4.75 Å². The van der Waals surface area contributed by atoms with Crippen molar-refractivity contribution < 1.29 is 18.3 Å². The molecule has 0 atom stereocenters. The van der Waals surface area contributed by atoms with Crippen LogP contribution in [0.25, 0.3) is 0 Å². The second kappa shape index (κ2) is 4.37. The van der Waals surface area contributed by atoms with Crippen LogP contribution in [0.5, 0.6) is 0 Å². The molecule has 0 saturated carbocycles. The number of aliphatic hydroxyl groups is 1. The lowest BCUT2D eigenvalue weighted by Gasteiger charge is -2.42. The van der Waals surface area contributed by atoms with Gasteiger partial charge in [0.2, 0.25) is 0 Å². The molecular formula is C13H13NO4S. The fraction of sp³-hybridized carbons (Fsp3) is 0.308. The monoisotopic (exact) mass is 279 g/mol. The van der Waals surface area contributed by atoms with E-state index in [2.05, 4.69) is 11.8 Å². The molecule has 5 nitrogen and oxygen atoms in total. The molecule has 1 aliphatic rings. The molecule has 19 heavy (non-hydrogen) atoms. The van der Waals surface area contributed by atoms with Crippen LogP contribution in [0.1, 0.15) is 19.4 Å². The van der Waals surface area contributed by atoms with E-state index in [0.29, 0.717) is 11.3 Å². The number of nitrogens with zero attached hydrogens (tertiary/aromatic N) is 1. The maximum absolute atomic E-state index is 12.0. The Morgan fingerprint density at radius 3 is 2.32 bits per heavy atom. The predicted molar refractivity (Wildman–Crippen MR) is 70.9 cm³/mol. The maximum atomic E-state index is 12.0. The topological polar surface area (TPSA) is 74.7 Å². The zero-order valence-electron chi connectivity index (χ0n) is 10.5. The van der Waals surface area contributed by atoms with E-state index in [0.717, 1.165) is 4.31 Å². The molecule has 1 aliphatic heterocycles. The summed E-state index contributed by atoms with van der Waals surface area (Å²) in [6.07, 6.45) is 0. The van der Waals surface area contributed by atoms with Crippen LogP contribution in [0.15, 0.2) is 24.3 Å². The fourth-order valence-electron chi connectivity index (χ4n) is 1.73. The second-order valence-electron chi connectivity index (χ2n) is 4.59. The average Bonchev–Trinajstić information content (AvgIpc) is 2.37. The number of carbonyl (C=O) groups is 1. The van der Waals surface area contributed by atoms with Crippen LogP contribution in [0, 0.1) is 11.8 Å². The normalized spacial score (nSPS) is 19.3. The van der Waals surface area contributed by atoms with E-state index in [1.54, 1.807) is 12.1 Å². The third-order valence-corrected chi connectivity index (χ3v) is 5.32. The minimum Gasteiger partial charge on any atom is -0.384 e. The van der Waals surface area contributed by atoms with Gasteiger partial charge < -0.3 is 5.11 Å². The van der Waals surface area contributed by atoms with E-state index in [4.69, 9.17) is 5.11 Å². The maximum Gasteiger partial charge on any atom is 0.263 e. The number of sulfonamides is 1. The predicted octanol–water partition coefficient (Wildman–Crippen LogP) is 0.485. The Balaban J connectivity index is 2.33. The summed E-state index contributed by atoms with van der Waals surface area (Å²) >= 11 is 0. The largest absolute Gasteiger partial charge is 0.384 e. The van der Waals surface area contributed by atoms with Crippen molar-refractivity contribution in [2.45, 2.75) is 18.6 Å². The first-order chi connectivity index (χ1) is 8.82. The second-order valence-corrected chi connectivity index (χ2v) is 6.93. The molecule has 1 heterocycles. The van der Waals surface area contributed by atoms with Crippen LogP contribution >= 0.6 is 0 Å². The van der Waals surface area contributed by atoms with Crippen molar-refractivity contribution in [3.05, 3.63) is 29.8 Å². The number of anilines is 1. The first kappa shape index (κ1) is 13.6. The molecule has 1 N–H and O–H groups in total. The molecule has 100 valence electrons. The summed E-state index contributed by atoms with van der Waals surface area (Å²) in [6, 6.07) is 6.25. The van der Waals surface area contributed by atoms with Gasteiger partial charge >= 0.3 is 0 Å². The molecule has 0 aliphatic carbocycles. The molecule has 6 heteroatoms. The number of amides is 1. The quantitative estimate of drug-likeness (QED) is 0.759. The molecule has 0 unspecified atom stereocenters. The first-order valence-electron chi connectivity index (χ1n) is 5.61. The Bertz CT molecular complexity index is 678. The number of aliphatic hydroxyl groups excluding tert-OH is 1. The van der Waals surface area contributed by atoms with Crippen molar-refractivity contribution >= 4 is 21.6 Å². The first-order valence-corrected chi connectivity index (χ1v) is 7.05. The summed E-state index contributed by atoms with van der Waals surface area (Å²) in [5.41, 5.74) is 0.946. The van der Waals surface area contributed by atoms with Gasteiger partial charge in [-0.1, -0.05) is 11.8 Å². The molecule has 1 aromatic rings. The molecule has 1 saturated heterocycles. The van der Waals surface area contributed by atoms with Crippen LogP contribution in [-0.4, -0.2) is 30.8 Å². The van der Waals surface area contributed by atoms with Gasteiger partial charge in [0.05, 0.1) is 5.69 Å². The van der Waals surface area contributed by atoms with Gasteiger partial charge in [-0.2, -0.15) is 0 Å². The van der Waals surface area contributed by atoms with Gasteiger partial charge in [0, 0.05) is 5.56 Å². The Hall–Kier alpha value is -1.84. The van der Waals surface area contributed by atoms with E-state index in [9.17, 15) is 13.2 Å².